The summed E-state index contributed by atoms with van der Waals surface area (Å²) in [5, 5.41) is 9.27. The maximum Gasteiger partial charge on any atom is 0.238 e. The number of hydrogen-bond donors (Lipinski definition) is 3. The van der Waals surface area contributed by atoms with E-state index in [1.165, 1.54) is 38.5 Å². The molecule has 0 aliphatic carbocycles. The molecule has 2 fully saturated rings. The molecule has 2 aliphatic rings. The molecule has 2 aliphatic heterocycles. The number of rotatable bonds is 7. The number of nitrogens with one attached hydrogen (secondary N) is 3. The molecule has 6 heteroatoms. The zero-order chi connectivity index (χ0) is 19.6. The van der Waals surface area contributed by atoms with Gasteiger partial charge in [-0.3, -0.25) is 14.5 Å². The number of piperidine rings is 1. The summed E-state index contributed by atoms with van der Waals surface area (Å²) in [5.74, 6) is 0.755. The van der Waals surface area contributed by atoms with E-state index >= 15 is 0 Å². The first-order valence-electron chi connectivity index (χ1n) is 10.8. The monoisotopic (exact) mass is 386 g/mol. The number of anilines is 2. The Hall–Kier alpha value is -1.92. The maximum absolute atomic E-state index is 12.3. The van der Waals surface area contributed by atoms with Crippen molar-refractivity contribution in [1.29, 1.82) is 0 Å². The molecular weight excluding hydrogens is 352 g/mol. The van der Waals surface area contributed by atoms with Crippen LogP contribution in [0.4, 0.5) is 11.4 Å². The number of carbonyl (C=O) groups is 2. The summed E-state index contributed by atoms with van der Waals surface area (Å²) in [6, 6.07) is 7.40. The highest BCUT2D eigenvalue weighted by molar-refractivity contribution is 5.93. The topological polar surface area (TPSA) is 73.5 Å². The molecule has 2 saturated heterocycles. The van der Waals surface area contributed by atoms with Crippen molar-refractivity contribution in [2.75, 3.05) is 43.4 Å². The summed E-state index contributed by atoms with van der Waals surface area (Å²) in [5.41, 5.74) is 1.55. The fourth-order valence-electron chi connectivity index (χ4n) is 4.06. The fourth-order valence-corrected chi connectivity index (χ4v) is 4.06. The minimum atomic E-state index is 0.0284. The van der Waals surface area contributed by atoms with Gasteiger partial charge in [-0.1, -0.05) is 12.8 Å². The van der Waals surface area contributed by atoms with Crippen molar-refractivity contribution in [3.05, 3.63) is 24.3 Å². The molecular formula is C22H34N4O2. The van der Waals surface area contributed by atoms with Crippen LogP contribution in [0.2, 0.25) is 0 Å². The first-order valence-corrected chi connectivity index (χ1v) is 10.8. The predicted octanol–water partition coefficient (Wildman–Crippen LogP) is 3.22. The van der Waals surface area contributed by atoms with Crippen LogP contribution in [0.25, 0.3) is 0 Å². The number of benzene rings is 1. The van der Waals surface area contributed by atoms with Gasteiger partial charge in [-0.05, 0) is 88.5 Å². The van der Waals surface area contributed by atoms with Gasteiger partial charge in [0.15, 0.2) is 0 Å². The fraction of sp³-hybridized carbons (Fsp3) is 0.636. The molecule has 0 saturated carbocycles. The van der Waals surface area contributed by atoms with Gasteiger partial charge in [0.25, 0.3) is 0 Å². The molecule has 0 atom stereocenters. The van der Waals surface area contributed by atoms with E-state index in [-0.39, 0.29) is 11.8 Å². The minimum Gasteiger partial charge on any atom is -0.326 e. The second-order valence-corrected chi connectivity index (χ2v) is 8.10. The van der Waals surface area contributed by atoms with E-state index in [0.29, 0.717) is 18.9 Å². The van der Waals surface area contributed by atoms with E-state index in [1.54, 1.807) is 0 Å². The molecule has 154 valence electrons. The number of hydrogen-bond acceptors (Lipinski definition) is 4. The Kier molecular flexibility index (Phi) is 8.30. The van der Waals surface area contributed by atoms with Crippen LogP contribution in [0.5, 0.6) is 0 Å². The Morgan fingerprint density at radius 2 is 1.46 bits per heavy atom. The van der Waals surface area contributed by atoms with Crippen molar-refractivity contribution >= 4 is 23.2 Å². The Balaban J connectivity index is 1.38. The van der Waals surface area contributed by atoms with Crippen LogP contribution >= 0.6 is 0 Å². The lowest BCUT2D eigenvalue weighted by Crippen LogP contribution is -2.33. The van der Waals surface area contributed by atoms with Gasteiger partial charge >= 0.3 is 0 Å². The summed E-state index contributed by atoms with van der Waals surface area (Å²) in [6.45, 7) is 4.61. The van der Waals surface area contributed by atoms with Crippen LogP contribution < -0.4 is 16.0 Å². The van der Waals surface area contributed by atoms with Crippen LogP contribution in [0.1, 0.15) is 51.4 Å². The molecule has 3 rings (SSSR count). The zero-order valence-electron chi connectivity index (χ0n) is 16.8. The van der Waals surface area contributed by atoms with E-state index in [1.807, 2.05) is 24.3 Å². The number of likely N-dealkylation sites (tertiary alicyclic amines) is 1. The van der Waals surface area contributed by atoms with E-state index in [9.17, 15) is 9.59 Å². The van der Waals surface area contributed by atoms with Crippen LogP contribution in [0.15, 0.2) is 24.3 Å². The highest BCUT2D eigenvalue weighted by Crippen LogP contribution is 2.19. The molecule has 2 heterocycles. The van der Waals surface area contributed by atoms with Gasteiger partial charge in [-0.15, -0.1) is 0 Å². The van der Waals surface area contributed by atoms with E-state index in [0.717, 1.165) is 44.0 Å². The summed E-state index contributed by atoms with van der Waals surface area (Å²) in [6.07, 6.45) is 8.75. The first kappa shape index (κ1) is 20.8. The number of amides is 2. The van der Waals surface area contributed by atoms with E-state index < -0.39 is 0 Å². The van der Waals surface area contributed by atoms with Crippen LogP contribution in [0.3, 0.4) is 0 Å². The lowest BCUT2D eigenvalue weighted by atomic mass is 9.93. The second kappa shape index (κ2) is 11.2. The second-order valence-electron chi connectivity index (χ2n) is 8.10. The first-order chi connectivity index (χ1) is 13.7. The lowest BCUT2D eigenvalue weighted by molar-refractivity contribution is -0.117. The van der Waals surface area contributed by atoms with Gasteiger partial charge in [-0.25, -0.2) is 0 Å². The Morgan fingerprint density at radius 3 is 2.07 bits per heavy atom. The summed E-state index contributed by atoms with van der Waals surface area (Å²) < 4.78 is 0. The Morgan fingerprint density at radius 1 is 0.893 bits per heavy atom. The standard InChI is InChI=1S/C22H34N4O2/c27-21(10-5-18-11-13-23-14-12-18)24-19-6-8-20(9-7-19)25-22(28)17-26-15-3-1-2-4-16-26/h6-9,18,23H,1-5,10-17H2,(H,24,27)(H,25,28). The largest absolute Gasteiger partial charge is 0.326 e. The van der Waals surface area contributed by atoms with E-state index in [2.05, 4.69) is 20.9 Å². The highest BCUT2D eigenvalue weighted by Gasteiger charge is 2.15. The molecule has 3 N–H and O–H groups in total. The van der Waals surface area contributed by atoms with Gasteiger partial charge in [0.05, 0.1) is 6.54 Å². The van der Waals surface area contributed by atoms with Gasteiger partial charge in [0.1, 0.15) is 0 Å². The molecule has 0 spiro atoms. The van der Waals surface area contributed by atoms with Crippen LogP contribution in [-0.4, -0.2) is 49.4 Å². The van der Waals surface area contributed by atoms with E-state index in [4.69, 9.17) is 0 Å². The minimum absolute atomic E-state index is 0.0284. The molecule has 0 aromatic heterocycles. The Bertz CT molecular complexity index is 618. The van der Waals surface area contributed by atoms with Crippen molar-refractivity contribution in [3.63, 3.8) is 0 Å². The molecule has 0 unspecified atom stereocenters. The predicted molar refractivity (Wildman–Crippen MR) is 113 cm³/mol. The molecule has 2 amide bonds. The van der Waals surface area contributed by atoms with Crippen LogP contribution in [-0.2, 0) is 9.59 Å². The summed E-state index contributed by atoms with van der Waals surface area (Å²) in [4.78, 5) is 26.7. The Labute approximate surface area is 168 Å². The van der Waals surface area contributed by atoms with Crippen molar-refractivity contribution in [1.82, 2.24) is 10.2 Å². The van der Waals surface area contributed by atoms with Crippen molar-refractivity contribution < 1.29 is 9.59 Å². The zero-order valence-corrected chi connectivity index (χ0v) is 16.8. The molecule has 1 aromatic rings. The average Bonchev–Trinajstić information content (AvgIpc) is 2.97. The third-order valence-electron chi connectivity index (χ3n) is 5.76. The molecule has 0 bridgehead atoms. The smallest absolute Gasteiger partial charge is 0.238 e. The SMILES string of the molecule is O=C(CCC1CCNCC1)Nc1ccc(NC(=O)CN2CCCCCC2)cc1. The number of carbonyl (C=O) groups excluding carboxylic acids is 2. The van der Waals surface area contributed by atoms with Gasteiger partial charge in [0.2, 0.25) is 11.8 Å². The normalized spacial score (nSPS) is 19.0. The summed E-state index contributed by atoms with van der Waals surface area (Å²) in [7, 11) is 0. The maximum atomic E-state index is 12.3. The van der Waals surface area contributed by atoms with Gasteiger partial charge in [-0.2, -0.15) is 0 Å². The number of nitrogens with zero attached hydrogens (tertiary/aromatic N) is 1. The van der Waals surface area contributed by atoms with Crippen molar-refractivity contribution in [3.8, 4) is 0 Å². The third kappa shape index (κ3) is 7.24. The molecule has 28 heavy (non-hydrogen) atoms. The molecule has 1 aromatic carbocycles. The molecule has 6 nitrogen and oxygen atoms in total. The van der Waals surface area contributed by atoms with Crippen LogP contribution in [0, 0.1) is 5.92 Å². The quantitative estimate of drug-likeness (QED) is 0.673. The average molecular weight is 387 g/mol. The van der Waals surface area contributed by atoms with Gasteiger partial charge in [0, 0.05) is 17.8 Å². The lowest BCUT2D eigenvalue weighted by Gasteiger charge is -2.22. The summed E-state index contributed by atoms with van der Waals surface area (Å²) >= 11 is 0. The highest BCUT2D eigenvalue weighted by atomic mass is 16.2. The van der Waals surface area contributed by atoms with Crippen molar-refractivity contribution in [2.24, 2.45) is 5.92 Å². The van der Waals surface area contributed by atoms with Crippen molar-refractivity contribution in [2.45, 2.75) is 51.4 Å². The third-order valence-corrected chi connectivity index (χ3v) is 5.76. The van der Waals surface area contributed by atoms with Gasteiger partial charge < -0.3 is 16.0 Å². The molecule has 0 radical (unpaired) electrons.